The summed E-state index contributed by atoms with van der Waals surface area (Å²) in [4.78, 5) is 3.93. The average Bonchev–Trinajstić information content (AvgIpc) is 2.30. The molecule has 0 unspecified atom stereocenters. The number of nitrogens with one attached hydrogen (secondary N) is 2. The van der Waals surface area contributed by atoms with Gasteiger partial charge >= 0.3 is 0 Å². The van der Waals surface area contributed by atoms with Gasteiger partial charge in [0.2, 0.25) is 5.96 Å². The third-order valence-electron chi connectivity index (χ3n) is 1.68. The van der Waals surface area contributed by atoms with Crippen molar-refractivity contribution in [2.75, 3.05) is 18.4 Å². The molecule has 1 aromatic heterocycles. The zero-order valence-electron chi connectivity index (χ0n) is 8.72. The lowest BCUT2D eigenvalue weighted by Crippen LogP contribution is -2.27. The van der Waals surface area contributed by atoms with Crippen LogP contribution >= 0.6 is 0 Å². The quantitative estimate of drug-likeness (QED) is 0.205. The molecule has 16 heavy (non-hydrogen) atoms. The van der Waals surface area contributed by atoms with Crippen molar-refractivity contribution in [2.45, 2.75) is 6.42 Å². The fraction of sp³-hybridized carbons (Fsp3) is 0.333. The third-order valence-corrected chi connectivity index (χ3v) is 1.68. The molecule has 1 heterocycles. The molecule has 1 aromatic rings. The maximum Gasteiger partial charge on any atom is 0.202 e. The zero-order valence-corrected chi connectivity index (χ0v) is 8.72. The van der Waals surface area contributed by atoms with Crippen molar-refractivity contribution in [1.82, 2.24) is 15.5 Å². The molecule has 0 fully saturated rings. The van der Waals surface area contributed by atoms with Gasteiger partial charge in [0.1, 0.15) is 5.82 Å². The highest BCUT2D eigenvalue weighted by atomic mass is 15.2. The number of nitrogens with zero attached hydrogens (tertiary/aromatic N) is 4. The van der Waals surface area contributed by atoms with E-state index in [9.17, 15) is 0 Å². The monoisotopic (exact) mass is 219 g/mol. The Morgan fingerprint density at radius 2 is 2.50 bits per heavy atom. The van der Waals surface area contributed by atoms with Crippen LogP contribution in [0.3, 0.4) is 0 Å². The second-order valence-electron chi connectivity index (χ2n) is 2.89. The van der Waals surface area contributed by atoms with Crippen LogP contribution in [0.4, 0.5) is 5.82 Å². The molecule has 0 aliphatic rings. The molecule has 0 aliphatic heterocycles. The van der Waals surface area contributed by atoms with Gasteiger partial charge in [0.05, 0.1) is 0 Å². The number of nitrogens with two attached hydrogens (primary N) is 1. The summed E-state index contributed by atoms with van der Waals surface area (Å²) in [5.74, 6) is 0.872. The van der Waals surface area contributed by atoms with Crippen LogP contribution in [-0.2, 0) is 0 Å². The highest BCUT2D eigenvalue weighted by Gasteiger charge is 1.92. The molecule has 7 heteroatoms. The van der Waals surface area contributed by atoms with Gasteiger partial charge in [-0.05, 0) is 18.6 Å². The summed E-state index contributed by atoms with van der Waals surface area (Å²) >= 11 is 0. The lowest BCUT2D eigenvalue weighted by atomic mass is 10.4. The van der Waals surface area contributed by atoms with Crippen LogP contribution in [0.15, 0.2) is 23.3 Å². The van der Waals surface area contributed by atoms with Gasteiger partial charge < -0.3 is 11.1 Å². The molecule has 0 spiro atoms. The van der Waals surface area contributed by atoms with Gasteiger partial charge in [-0.15, -0.1) is 5.10 Å². The number of aromatic nitrogens is 2. The van der Waals surface area contributed by atoms with Crippen molar-refractivity contribution < 1.29 is 0 Å². The van der Waals surface area contributed by atoms with E-state index in [4.69, 9.17) is 11.0 Å². The van der Waals surface area contributed by atoms with Gasteiger partial charge in [0.25, 0.3) is 0 Å². The smallest absolute Gasteiger partial charge is 0.202 e. The molecular weight excluding hydrogens is 206 g/mol. The number of hydrogen-bond acceptors (Lipinski definition) is 5. The Morgan fingerprint density at radius 1 is 1.62 bits per heavy atom. The van der Waals surface area contributed by atoms with Gasteiger partial charge in [-0.2, -0.15) is 10.4 Å². The van der Waals surface area contributed by atoms with Gasteiger partial charge in [0, 0.05) is 19.3 Å². The Labute approximate surface area is 93.4 Å². The first-order valence-corrected chi connectivity index (χ1v) is 4.79. The minimum Gasteiger partial charge on any atom is -0.369 e. The average molecular weight is 219 g/mol. The van der Waals surface area contributed by atoms with Gasteiger partial charge in [-0.25, -0.2) is 0 Å². The molecule has 0 bridgehead atoms. The van der Waals surface area contributed by atoms with E-state index < -0.39 is 0 Å². The summed E-state index contributed by atoms with van der Waals surface area (Å²) in [5, 5.41) is 21.2. The standard InChI is InChI=1S/C9H13N7/c10-7-14-9(11)13-5-2-4-12-8-3-1-6-15-16-8/h1,3,6H,2,4-5H2,(H,12,16)(H3,11,13,14). The zero-order chi connectivity index (χ0) is 11.6. The molecule has 0 radical (unpaired) electrons. The normalized spacial score (nSPS) is 10.6. The second kappa shape index (κ2) is 7.00. The molecule has 1 rings (SSSR count). The van der Waals surface area contributed by atoms with Crippen molar-refractivity contribution in [2.24, 2.45) is 10.7 Å². The maximum atomic E-state index is 8.24. The molecule has 4 N–H and O–H groups in total. The van der Waals surface area contributed by atoms with Crippen LogP contribution < -0.4 is 16.4 Å². The van der Waals surface area contributed by atoms with E-state index in [0.29, 0.717) is 6.54 Å². The Bertz CT molecular complexity index is 367. The SMILES string of the molecule is N#CNC(N)=NCCCNc1cccnn1. The van der Waals surface area contributed by atoms with Gasteiger partial charge in [-0.1, -0.05) is 0 Å². The summed E-state index contributed by atoms with van der Waals surface area (Å²) in [6, 6.07) is 3.64. The molecule has 0 aliphatic carbocycles. The predicted octanol–water partition coefficient (Wildman–Crippen LogP) is -0.336. The van der Waals surface area contributed by atoms with E-state index >= 15 is 0 Å². The number of guanidine groups is 1. The van der Waals surface area contributed by atoms with Crippen LogP contribution in [0.25, 0.3) is 0 Å². The molecule has 0 aromatic carbocycles. The maximum absolute atomic E-state index is 8.24. The Kier molecular flexibility index (Phi) is 5.13. The highest BCUT2D eigenvalue weighted by molar-refractivity contribution is 5.79. The highest BCUT2D eigenvalue weighted by Crippen LogP contribution is 1.97. The largest absolute Gasteiger partial charge is 0.369 e. The van der Waals surface area contributed by atoms with Crippen LogP contribution in [0.5, 0.6) is 0 Å². The van der Waals surface area contributed by atoms with Crippen LogP contribution in [-0.4, -0.2) is 29.2 Å². The van der Waals surface area contributed by atoms with Crippen LogP contribution in [0.1, 0.15) is 6.42 Å². The molecule has 0 amide bonds. The molecule has 0 saturated carbocycles. The lowest BCUT2D eigenvalue weighted by molar-refractivity contribution is 0.858. The van der Waals surface area contributed by atoms with Crippen molar-refractivity contribution in [3.05, 3.63) is 18.3 Å². The summed E-state index contributed by atoms with van der Waals surface area (Å²) in [6.07, 6.45) is 4.11. The van der Waals surface area contributed by atoms with E-state index in [1.165, 1.54) is 0 Å². The van der Waals surface area contributed by atoms with Gasteiger partial charge in [0.15, 0.2) is 6.19 Å². The minimum absolute atomic E-state index is 0.141. The number of rotatable bonds is 5. The Balaban J connectivity index is 2.13. The molecule has 7 nitrogen and oxygen atoms in total. The van der Waals surface area contributed by atoms with Crippen molar-refractivity contribution in [1.29, 1.82) is 5.26 Å². The van der Waals surface area contributed by atoms with Crippen molar-refractivity contribution in [3.63, 3.8) is 0 Å². The molecule has 0 atom stereocenters. The van der Waals surface area contributed by atoms with Crippen LogP contribution in [0.2, 0.25) is 0 Å². The van der Waals surface area contributed by atoms with E-state index in [2.05, 4.69) is 25.8 Å². The number of nitriles is 1. The first kappa shape index (κ1) is 11.7. The summed E-state index contributed by atoms with van der Waals surface area (Å²) in [5.41, 5.74) is 5.35. The third kappa shape index (κ3) is 4.76. The van der Waals surface area contributed by atoms with E-state index in [1.54, 1.807) is 12.4 Å². The van der Waals surface area contributed by atoms with Crippen LogP contribution in [0, 0.1) is 11.5 Å². The first-order valence-electron chi connectivity index (χ1n) is 4.79. The topological polar surface area (TPSA) is 112 Å². The van der Waals surface area contributed by atoms with E-state index in [0.717, 1.165) is 18.8 Å². The number of anilines is 1. The fourth-order valence-electron chi connectivity index (χ4n) is 0.988. The summed E-state index contributed by atoms with van der Waals surface area (Å²) < 4.78 is 0. The second-order valence-corrected chi connectivity index (χ2v) is 2.89. The first-order chi connectivity index (χ1) is 7.83. The Hall–Kier alpha value is -2.36. The van der Waals surface area contributed by atoms with E-state index in [1.807, 2.05) is 12.1 Å². The molecule has 84 valence electrons. The number of aliphatic imine (C=N–C) groups is 1. The predicted molar refractivity (Wildman–Crippen MR) is 60.4 cm³/mol. The van der Waals surface area contributed by atoms with E-state index in [-0.39, 0.29) is 5.96 Å². The fourth-order valence-corrected chi connectivity index (χ4v) is 0.988. The van der Waals surface area contributed by atoms with Gasteiger partial charge in [-0.3, -0.25) is 10.3 Å². The van der Waals surface area contributed by atoms with Crippen molar-refractivity contribution >= 4 is 11.8 Å². The summed E-state index contributed by atoms with van der Waals surface area (Å²) in [7, 11) is 0. The number of hydrogen-bond donors (Lipinski definition) is 3. The van der Waals surface area contributed by atoms with Crippen molar-refractivity contribution in [3.8, 4) is 6.19 Å². The molecular formula is C9H13N7. The Morgan fingerprint density at radius 3 is 3.19 bits per heavy atom. The minimum atomic E-state index is 0.141. The summed E-state index contributed by atoms with van der Waals surface area (Å²) in [6.45, 7) is 1.27. The molecule has 0 saturated heterocycles. The lowest BCUT2D eigenvalue weighted by Gasteiger charge is -2.02.